The lowest BCUT2D eigenvalue weighted by atomic mass is 10.1. The third-order valence-corrected chi connectivity index (χ3v) is 2.66. The van der Waals surface area contributed by atoms with Crippen LogP contribution in [0.25, 0.3) is 0 Å². The second-order valence-electron chi connectivity index (χ2n) is 3.98. The first-order valence-electron chi connectivity index (χ1n) is 5.72. The van der Waals surface area contributed by atoms with Gasteiger partial charge in [0.05, 0.1) is 12.7 Å². The summed E-state index contributed by atoms with van der Waals surface area (Å²) < 4.78 is 5.49. The van der Waals surface area contributed by atoms with Crippen molar-refractivity contribution in [3.63, 3.8) is 0 Å². The fourth-order valence-electron chi connectivity index (χ4n) is 1.83. The zero-order valence-corrected chi connectivity index (χ0v) is 9.53. The summed E-state index contributed by atoms with van der Waals surface area (Å²) in [4.78, 5) is 11.4. The van der Waals surface area contributed by atoms with E-state index in [2.05, 4.69) is 5.32 Å². The van der Waals surface area contributed by atoms with Crippen molar-refractivity contribution >= 4 is 11.6 Å². The van der Waals surface area contributed by atoms with E-state index in [-0.39, 0.29) is 18.7 Å². The van der Waals surface area contributed by atoms with Crippen LogP contribution < -0.4 is 10.1 Å². The number of aryl methyl sites for hydroxylation is 1. The molecule has 4 heteroatoms. The molecule has 1 aromatic carbocycles. The van der Waals surface area contributed by atoms with Crippen LogP contribution in [-0.4, -0.2) is 12.5 Å². The third kappa shape index (κ3) is 2.97. The summed E-state index contributed by atoms with van der Waals surface area (Å²) in [7, 11) is 0. The van der Waals surface area contributed by atoms with Gasteiger partial charge in [-0.05, 0) is 36.6 Å². The molecule has 0 aromatic heterocycles. The van der Waals surface area contributed by atoms with Gasteiger partial charge < -0.3 is 10.1 Å². The molecular weight excluding hydrogens is 216 g/mol. The van der Waals surface area contributed by atoms with Crippen molar-refractivity contribution < 1.29 is 9.53 Å². The number of fused-ring (bicyclic) bond motifs is 1. The number of hydrogen-bond acceptors (Lipinski definition) is 3. The minimum absolute atomic E-state index is 0.122. The van der Waals surface area contributed by atoms with Crippen LogP contribution in [0.2, 0.25) is 0 Å². The van der Waals surface area contributed by atoms with E-state index >= 15 is 0 Å². The lowest BCUT2D eigenvalue weighted by Crippen LogP contribution is -2.12. The molecule has 0 atom stereocenters. The summed E-state index contributed by atoms with van der Waals surface area (Å²) in [6.45, 7) is 0.765. The Morgan fingerprint density at radius 2 is 2.41 bits per heavy atom. The largest absolute Gasteiger partial charge is 0.493 e. The van der Waals surface area contributed by atoms with Crippen LogP contribution >= 0.6 is 0 Å². The monoisotopic (exact) mass is 230 g/mol. The highest BCUT2D eigenvalue weighted by atomic mass is 16.5. The van der Waals surface area contributed by atoms with Crippen molar-refractivity contribution in [3.05, 3.63) is 23.8 Å². The van der Waals surface area contributed by atoms with Crippen molar-refractivity contribution in [2.24, 2.45) is 0 Å². The molecule has 2 rings (SSSR count). The van der Waals surface area contributed by atoms with E-state index in [1.807, 2.05) is 24.3 Å². The van der Waals surface area contributed by atoms with Gasteiger partial charge in [0.2, 0.25) is 5.91 Å². The van der Waals surface area contributed by atoms with Crippen LogP contribution in [0.1, 0.15) is 24.8 Å². The zero-order chi connectivity index (χ0) is 12.1. The maximum absolute atomic E-state index is 11.4. The first-order chi connectivity index (χ1) is 8.29. The summed E-state index contributed by atoms with van der Waals surface area (Å²) in [6.07, 6.45) is 2.49. The van der Waals surface area contributed by atoms with Crippen LogP contribution in [0.5, 0.6) is 5.75 Å². The van der Waals surface area contributed by atoms with Crippen molar-refractivity contribution in [1.82, 2.24) is 0 Å². The quantitative estimate of drug-likeness (QED) is 0.866. The van der Waals surface area contributed by atoms with Crippen molar-refractivity contribution in [1.29, 1.82) is 5.26 Å². The summed E-state index contributed by atoms with van der Waals surface area (Å²) in [5.74, 6) is 0.787. The maximum Gasteiger partial charge on any atom is 0.225 e. The van der Waals surface area contributed by atoms with E-state index in [0.29, 0.717) is 0 Å². The number of carbonyl (C=O) groups is 1. The van der Waals surface area contributed by atoms with Crippen LogP contribution in [0.3, 0.4) is 0 Å². The van der Waals surface area contributed by atoms with Crippen molar-refractivity contribution in [3.8, 4) is 11.8 Å². The number of amides is 1. The normalized spacial score (nSPS) is 13.1. The molecule has 1 aliphatic heterocycles. The molecule has 0 aliphatic carbocycles. The van der Waals surface area contributed by atoms with Crippen molar-refractivity contribution in [2.45, 2.75) is 25.7 Å². The number of rotatable bonds is 3. The maximum atomic E-state index is 11.4. The lowest BCUT2D eigenvalue weighted by molar-refractivity contribution is -0.116. The smallest absolute Gasteiger partial charge is 0.225 e. The molecule has 0 bridgehead atoms. The average Bonchev–Trinajstić information content (AvgIpc) is 2.36. The van der Waals surface area contributed by atoms with Gasteiger partial charge in [0, 0.05) is 18.5 Å². The molecule has 0 radical (unpaired) electrons. The molecule has 1 amide bonds. The topological polar surface area (TPSA) is 62.1 Å². The van der Waals surface area contributed by atoms with Gasteiger partial charge in [0.25, 0.3) is 0 Å². The number of anilines is 1. The van der Waals surface area contributed by atoms with Crippen LogP contribution in [0, 0.1) is 11.3 Å². The molecule has 1 aromatic rings. The zero-order valence-electron chi connectivity index (χ0n) is 9.53. The fourth-order valence-corrected chi connectivity index (χ4v) is 1.83. The molecule has 17 heavy (non-hydrogen) atoms. The van der Waals surface area contributed by atoms with E-state index < -0.39 is 0 Å². The molecule has 1 heterocycles. The van der Waals surface area contributed by atoms with Crippen LogP contribution in [0.15, 0.2) is 18.2 Å². The molecular formula is C13H14N2O2. The molecule has 88 valence electrons. The molecule has 1 aliphatic rings. The average molecular weight is 230 g/mol. The van der Waals surface area contributed by atoms with E-state index in [1.165, 1.54) is 0 Å². The molecule has 0 saturated heterocycles. The van der Waals surface area contributed by atoms with E-state index in [9.17, 15) is 4.79 Å². The summed E-state index contributed by atoms with van der Waals surface area (Å²) in [6, 6.07) is 7.61. The number of carbonyl (C=O) groups excluding carboxylic acids is 1. The standard InChI is InChI=1S/C13H14N2O2/c14-7-1-4-13(16)15-11-5-6-12-10(9-11)3-2-8-17-12/h5-6,9H,1-4,8H2,(H,15,16). The molecule has 0 fully saturated rings. The fraction of sp³-hybridized carbons (Fsp3) is 0.385. The number of benzene rings is 1. The first kappa shape index (κ1) is 11.5. The predicted octanol–water partition coefficient (Wildman–Crippen LogP) is 2.25. The Balaban J connectivity index is 2.02. The van der Waals surface area contributed by atoms with E-state index in [1.54, 1.807) is 0 Å². The highest BCUT2D eigenvalue weighted by molar-refractivity contribution is 5.91. The molecule has 0 unspecified atom stereocenters. The Morgan fingerprint density at radius 3 is 3.24 bits per heavy atom. The first-order valence-corrected chi connectivity index (χ1v) is 5.72. The lowest BCUT2D eigenvalue weighted by Gasteiger charge is -2.18. The number of nitrogens with zero attached hydrogens (tertiary/aromatic N) is 1. The Kier molecular flexibility index (Phi) is 3.61. The number of nitrogens with one attached hydrogen (secondary N) is 1. The Bertz CT molecular complexity index is 463. The van der Waals surface area contributed by atoms with Gasteiger partial charge in [-0.1, -0.05) is 0 Å². The van der Waals surface area contributed by atoms with Gasteiger partial charge in [0.1, 0.15) is 5.75 Å². The van der Waals surface area contributed by atoms with Crippen LogP contribution in [-0.2, 0) is 11.2 Å². The molecule has 4 nitrogen and oxygen atoms in total. The third-order valence-electron chi connectivity index (χ3n) is 2.66. The second kappa shape index (κ2) is 5.35. The van der Waals surface area contributed by atoms with Gasteiger partial charge in [-0.2, -0.15) is 5.26 Å². The number of hydrogen-bond donors (Lipinski definition) is 1. The Hall–Kier alpha value is -2.02. The van der Waals surface area contributed by atoms with Gasteiger partial charge >= 0.3 is 0 Å². The van der Waals surface area contributed by atoms with Crippen molar-refractivity contribution in [2.75, 3.05) is 11.9 Å². The predicted molar refractivity (Wildman–Crippen MR) is 63.7 cm³/mol. The van der Waals surface area contributed by atoms with Gasteiger partial charge in [-0.3, -0.25) is 4.79 Å². The molecule has 0 spiro atoms. The highest BCUT2D eigenvalue weighted by Crippen LogP contribution is 2.27. The van der Waals surface area contributed by atoms with Crippen LogP contribution in [0.4, 0.5) is 5.69 Å². The van der Waals surface area contributed by atoms with Gasteiger partial charge in [-0.15, -0.1) is 0 Å². The minimum atomic E-state index is -0.122. The number of ether oxygens (including phenoxy) is 1. The molecule has 1 N–H and O–H groups in total. The van der Waals surface area contributed by atoms with E-state index in [4.69, 9.17) is 10.00 Å². The SMILES string of the molecule is N#CCCC(=O)Nc1ccc2c(c1)CCCO2. The van der Waals surface area contributed by atoms with Gasteiger partial charge in [0.15, 0.2) is 0 Å². The highest BCUT2D eigenvalue weighted by Gasteiger charge is 2.11. The molecule has 0 saturated carbocycles. The number of nitriles is 1. The van der Waals surface area contributed by atoms with E-state index in [0.717, 1.165) is 36.4 Å². The minimum Gasteiger partial charge on any atom is -0.493 e. The van der Waals surface area contributed by atoms with Gasteiger partial charge in [-0.25, -0.2) is 0 Å². The summed E-state index contributed by atoms with van der Waals surface area (Å²) in [5.41, 5.74) is 1.91. The summed E-state index contributed by atoms with van der Waals surface area (Å²) in [5, 5.41) is 11.2. The Labute approximate surface area is 100 Å². The Morgan fingerprint density at radius 1 is 1.53 bits per heavy atom. The second-order valence-corrected chi connectivity index (χ2v) is 3.98. The summed E-state index contributed by atoms with van der Waals surface area (Å²) >= 11 is 0.